The highest BCUT2D eigenvalue weighted by Crippen LogP contribution is 2.32. The average molecular weight is 483 g/mol. The van der Waals surface area contributed by atoms with Gasteiger partial charge < -0.3 is 29.4 Å². The van der Waals surface area contributed by atoms with Crippen LogP contribution in [0.3, 0.4) is 0 Å². The molecule has 13 heteroatoms. The van der Waals surface area contributed by atoms with Crippen molar-refractivity contribution in [3.05, 3.63) is 0 Å². The number of aliphatic hydroxyl groups excluding tert-OH is 1. The van der Waals surface area contributed by atoms with E-state index in [1.165, 1.54) is 11.8 Å². The summed E-state index contributed by atoms with van der Waals surface area (Å²) in [6.07, 6.45) is -4.22. The first-order valence-corrected chi connectivity index (χ1v) is 10.4. The van der Waals surface area contributed by atoms with E-state index < -0.39 is 64.8 Å². The predicted molar refractivity (Wildman–Crippen MR) is 104 cm³/mol. The number of carbonyl (C=O) groups is 3. The van der Waals surface area contributed by atoms with E-state index in [-0.39, 0.29) is 0 Å². The van der Waals surface area contributed by atoms with E-state index in [2.05, 4.69) is 5.32 Å². The summed E-state index contributed by atoms with van der Waals surface area (Å²) in [5.41, 5.74) is -0.737. The van der Waals surface area contributed by atoms with Crippen LogP contribution < -0.4 is 5.32 Å². The zero-order valence-electron chi connectivity index (χ0n) is 15.4. The number of thioether (sulfide) groups is 1. The highest BCUT2D eigenvalue weighted by molar-refractivity contribution is 7.99. The van der Waals surface area contributed by atoms with E-state index in [0.717, 1.165) is 13.8 Å². The maximum Gasteiger partial charge on any atom is 0.407 e. The second-order valence-corrected chi connectivity index (χ2v) is 9.58. The number of esters is 2. The van der Waals surface area contributed by atoms with Crippen LogP contribution in [-0.4, -0.2) is 75.7 Å². The quantitative estimate of drug-likeness (QED) is 0.318. The Bertz CT molecular complexity index is 562. The van der Waals surface area contributed by atoms with Crippen LogP contribution in [0.25, 0.3) is 0 Å². The molecule has 0 unspecified atom stereocenters. The zero-order valence-corrected chi connectivity index (χ0v) is 18.4. The van der Waals surface area contributed by atoms with Crippen molar-refractivity contribution in [3.8, 4) is 0 Å². The van der Waals surface area contributed by atoms with Crippen molar-refractivity contribution in [2.45, 2.75) is 54.4 Å². The second-order valence-electron chi connectivity index (χ2n) is 5.69. The van der Waals surface area contributed by atoms with E-state index in [1.54, 1.807) is 0 Å². The summed E-state index contributed by atoms with van der Waals surface area (Å²) < 4.78 is 19.3. The molecule has 1 aliphatic heterocycles. The molecule has 0 bridgehead atoms. The largest absolute Gasteiger partial charge is 0.456 e. The highest BCUT2D eigenvalue weighted by Gasteiger charge is 2.50. The fraction of sp³-hybridized carbons (Fsp3) is 0.800. The Morgan fingerprint density at radius 2 is 1.71 bits per heavy atom. The molecule has 1 aliphatic rings. The minimum atomic E-state index is -1.81. The Labute approximate surface area is 181 Å². The lowest BCUT2D eigenvalue weighted by Crippen LogP contribution is -2.65. The van der Waals surface area contributed by atoms with E-state index >= 15 is 0 Å². The van der Waals surface area contributed by atoms with Crippen LogP contribution in [-0.2, 0) is 28.5 Å². The van der Waals surface area contributed by atoms with Crippen LogP contribution >= 0.6 is 46.6 Å². The molecule has 0 aromatic rings. The first-order valence-electron chi connectivity index (χ1n) is 8.20. The van der Waals surface area contributed by atoms with Gasteiger partial charge in [-0.25, -0.2) is 4.79 Å². The van der Waals surface area contributed by atoms with Gasteiger partial charge in [0.25, 0.3) is 0 Å². The van der Waals surface area contributed by atoms with Crippen LogP contribution in [0, 0.1) is 0 Å². The molecule has 1 amide bonds. The number of amides is 1. The van der Waals surface area contributed by atoms with Gasteiger partial charge in [-0.2, -0.15) is 0 Å². The van der Waals surface area contributed by atoms with Crippen LogP contribution in [0.5, 0.6) is 0 Å². The van der Waals surface area contributed by atoms with Crippen molar-refractivity contribution >= 4 is 64.6 Å². The minimum Gasteiger partial charge on any atom is -0.456 e. The van der Waals surface area contributed by atoms with Gasteiger partial charge in [-0.1, -0.05) is 41.7 Å². The third-order valence-corrected chi connectivity index (χ3v) is 4.81. The molecule has 1 fully saturated rings. The van der Waals surface area contributed by atoms with Gasteiger partial charge in [0.05, 0.1) is 6.61 Å². The molecule has 5 atom stereocenters. The fourth-order valence-corrected chi connectivity index (χ4v) is 3.64. The molecule has 0 aromatic carbocycles. The number of aliphatic hydroxyl groups is 1. The van der Waals surface area contributed by atoms with Crippen molar-refractivity contribution in [1.29, 1.82) is 0 Å². The lowest BCUT2D eigenvalue weighted by Gasteiger charge is -2.44. The average Bonchev–Trinajstić information content (AvgIpc) is 2.56. The number of hydrogen-bond donors (Lipinski definition) is 2. The lowest BCUT2D eigenvalue weighted by molar-refractivity contribution is -0.208. The Morgan fingerprint density at radius 3 is 2.18 bits per heavy atom. The molecular formula is C15H22Cl3NO8S. The number of carbonyl (C=O) groups excluding carboxylic acids is 3. The van der Waals surface area contributed by atoms with Crippen LogP contribution in [0.4, 0.5) is 4.79 Å². The first-order chi connectivity index (χ1) is 13.0. The topological polar surface area (TPSA) is 120 Å². The molecule has 1 rings (SSSR count). The Hall–Kier alpha value is -0.650. The normalized spacial score (nSPS) is 27.6. The second kappa shape index (κ2) is 11.5. The molecule has 0 saturated carbocycles. The molecule has 0 aromatic heterocycles. The maximum atomic E-state index is 12.1. The summed E-state index contributed by atoms with van der Waals surface area (Å²) in [6.45, 7) is 3.14. The van der Waals surface area contributed by atoms with Gasteiger partial charge in [-0.15, -0.1) is 11.8 Å². The summed E-state index contributed by atoms with van der Waals surface area (Å²) >= 11 is 18.0. The van der Waals surface area contributed by atoms with Gasteiger partial charge in [-0.05, 0) is 5.75 Å². The molecule has 28 heavy (non-hydrogen) atoms. The Morgan fingerprint density at radius 1 is 1.14 bits per heavy atom. The number of alkyl carbamates (subject to hydrolysis) is 1. The van der Waals surface area contributed by atoms with E-state index in [9.17, 15) is 19.5 Å². The van der Waals surface area contributed by atoms with Gasteiger partial charge in [0.2, 0.25) is 3.79 Å². The fourth-order valence-electron chi connectivity index (χ4n) is 2.50. The van der Waals surface area contributed by atoms with E-state index in [1.807, 2.05) is 6.92 Å². The van der Waals surface area contributed by atoms with Gasteiger partial charge in [-0.3, -0.25) is 9.59 Å². The number of nitrogens with one attached hydrogen (secondary N) is 1. The van der Waals surface area contributed by atoms with Gasteiger partial charge in [0, 0.05) is 13.8 Å². The summed E-state index contributed by atoms with van der Waals surface area (Å²) in [7, 11) is 0. The van der Waals surface area contributed by atoms with Gasteiger partial charge in [0.15, 0.2) is 12.2 Å². The van der Waals surface area contributed by atoms with E-state index in [0.29, 0.717) is 5.75 Å². The highest BCUT2D eigenvalue weighted by atomic mass is 35.6. The van der Waals surface area contributed by atoms with Crippen molar-refractivity contribution in [2.24, 2.45) is 0 Å². The molecular weight excluding hydrogens is 461 g/mol. The van der Waals surface area contributed by atoms with Gasteiger partial charge >= 0.3 is 18.0 Å². The lowest BCUT2D eigenvalue weighted by atomic mass is 9.97. The number of alkyl halides is 3. The van der Waals surface area contributed by atoms with Crippen molar-refractivity contribution < 1.29 is 38.4 Å². The molecule has 162 valence electrons. The van der Waals surface area contributed by atoms with Crippen molar-refractivity contribution in [1.82, 2.24) is 5.32 Å². The van der Waals surface area contributed by atoms with Crippen LogP contribution in [0.15, 0.2) is 0 Å². The molecule has 2 N–H and O–H groups in total. The Kier molecular flexibility index (Phi) is 10.4. The third-order valence-electron chi connectivity index (χ3n) is 3.41. The van der Waals surface area contributed by atoms with Gasteiger partial charge in [0.1, 0.15) is 24.2 Å². The number of hydrogen-bond acceptors (Lipinski definition) is 9. The predicted octanol–water partition coefficient (Wildman–Crippen LogP) is 1.79. The third kappa shape index (κ3) is 8.38. The number of rotatable bonds is 7. The summed E-state index contributed by atoms with van der Waals surface area (Å²) in [5.74, 6) is -0.777. The minimum absolute atomic E-state index is 0.499. The number of halogens is 3. The smallest absolute Gasteiger partial charge is 0.407 e. The summed E-state index contributed by atoms with van der Waals surface area (Å²) in [4.78, 5) is 35.3. The number of ether oxygens (including phenoxy) is 4. The molecule has 1 heterocycles. The molecule has 0 spiro atoms. The molecule has 9 nitrogen and oxygen atoms in total. The van der Waals surface area contributed by atoms with Crippen LogP contribution in [0.2, 0.25) is 0 Å². The standard InChI is InChI=1S/C15H22Cl3NO8S/c1-4-28-13-10(19-14(23)24-6-15(16,17)18)12(26-8(3)22)11(25-7(2)21)9(5-20)27-13/h9-13,20H,4-6H2,1-3H3,(H,19,23)/t9-,10-,11-,12-,13+/m1/s1. The molecule has 0 radical (unpaired) electrons. The Balaban J connectivity index is 3.11. The first kappa shape index (κ1) is 25.4. The zero-order chi connectivity index (χ0) is 21.5. The summed E-state index contributed by atoms with van der Waals surface area (Å²) in [5, 5.41) is 12.1. The monoisotopic (exact) mass is 481 g/mol. The van der Waals surface area contributed by atoms with E-state index in [4.69, 9.17) is 53.8 Å². The van der Waals surface area contributed by atoms with Crippen molar-refractivity contribution in [3.63, 3.8) is 0 Å². The summed E-state index contributed by atoms with van der Waals surface area (Å²) in [6, 6.07) is -0.969. The van der Waals surface area contributed by atoms with Crippen LogP contribution in [0.1, 0.15) is 20.8 Å². The molecule has 1 saturated heterocycles. The SMILES string of the molecule is CCS[C@@H]1O[C@H](CO)[C@@H](OC(C)=O)[C@H](OC(C)=O)[C@H]1NC(=O)OCC(Cl)(Cl)Cl. The van der Waals surface area contributed by atoms with Crippen molar-refractivity contribution in [2.75, 3.05) is 19.0 Å². The maximum absolute atomic E-state index is 12.1. The molecule has 0 aliphatic carbocycles.